The van der Waals surface area contributed by atoms with Gasteiger partial charge in [0.25, 0.3) is 5.91 Å². The van der Waals surface area contributed by atoms with Gasteiger partial charge < -0.3 is 10.1 Å². The summed E-state index contributed by atoms with van der Waals surface area (Å²) in [6.07, 6.45) is 7.68. The number of amides is 1. The molecule has 0 radical (unpaired) electrons. The van der Waals surface area contributed by atoms with Gasteiger partial charge in [0.05, 0.1) is 0 Å². The van der Waals surface area contributed by atoms with E-state index in [1.165, 1.54) is 25.7 Å². The number of para-hydroxylation sites is 1. The van der Waals surface area contributed by atoms with E-state index in [1.54, 1.807) is 0 Å². The molecule has 1 heterocycles. The molecule has 0 spiro atoms. The molecule has 0 bridgehead atoms. The van der Waals surface area contributed by atoms with Crippen LogP contribution in [0.25, 0.3) is 0 Å². The van der Waals surface area contributed by atoms with Gasteiger partial charge in [-0.2, -0.15) is 0 Å². The van der Waals surface area contributed by atoms with Crippen molar-refractivity contribution in [2.45, 2.75) is 57.1 Å². The van der Waals surface area contributed by atoms with Gasteiger partial charge in [0, 0.05) is 12.5 Å². The Morgan fingerprint density at radius 1 is 1.11 bits per heavy atom. The lowest BCUT2D eigenvalue weighted by Crippen LogP contribution is -2.43. The summed E-state index contributed by atoms with van der Waals surface area (Å²) in [4.78, 5) is 12.3. The fourth-order valence-electron chi connectivity index (χ4n) is 3.05. The van der Waals surface area contributed by atoms with E-state index >= 15 is 0 Å². The molecule has 1 fully saturated rings. The van der Waals surface area contributed by atoms with Gasteiger partial charge in [0.2, 0.25) is 0 Å². The normalized spacial score (nSPS) is 23.3. The standard InChI is InChI=1S/C16H21NO2/c18-16(17-13-8-3-1-2-4-9-13)15-11-12-7-5-6-10-14(12)19-15/h5-7,10,13,15H,1-4,8-9,11H2,(H,17,18)/t15-/m0/s1. The van der Waals surface area contributed by atoms with Crippen LogP contribution in [-0.2, 0) is 11.2 Å². The SMILES string of the molecule is O=C(NC1CCCCCC1)[C@@H]1Cc2ccccc2O1. The second-order valence-electron chi connectivity index (χ2n) is 5.62. The van der Waals surface area contributed by atoms with Gasteiger partial charge in [-0.05, 0) is 24.5 Å². The molecule has 1 atom stereocenters. The Bertz CT molecular complexity index is 425. The first-order chi connectivity index (χ1) is 9.33. The fraction of sp³-hybridized carbons (Fsp3) is 0.562. The average Bonchev–Trinajstić information content (AvgIpc) is 2.70. The van der Waals surface area contributed by atoms with Crippen molar-refractivity contribution >= 4 is 5.91 Å². The van der Waals surface area contributed by atoms with Crippen molar-refractivity contribution in [1.82, 2.24) is 5.32 Å². The minimum Gasteiger partial charge on any atom is -0.480 e. The first-order valence-electron chi connectivity index (χ1n) is 7.38. The van der Waals surface area contributed by atoms with Crippen molar-refractivity contribution in [1.29, 1.82) is 0 Å². The molecular weight excluding hydrogens is 238 g/mol. The second kappa shape index (κ2) is 5.64. The van der Waals surface area contributed by atoms with E-state index in [9.17, 15) is 4.79 Å². The van der Waals surface area contributed by atoms with E-state index in [2.05, 4.69) is 5.32 Å². The Hall–Kier alpha value is -1.51. The molecule has 3 rings (SSSR count). The quantitative estimate of drug-likeness (QED) is 0.829. The molecule has 1 N–H and O–H groups in total. The summed E-state index contributed by atoms with van der Waals surface area (Å²) in [5.74, 6) is 0.923. The molecule has 2 aliphatic rings. The third-order valence-electron chi connectivity index (χ3n) is 4.14. The molecule has 0 saturated heterocycles. The summed E-state index contributed by atoms with van der Waals surface area (Å²) in [7, 11) is 0. The zero-order valence-electron chi connectivity index (χ0n) is 11.2. The maximum atomic E-state index is 12.3. The van der Waals surface area contributed by atoms with Gasteiger partial charge in [-0.1, -0.05) is 43.9 Å². The Morgan fingerprint density at radius 3 is 2.58 bits per heavy atom. The van der Waals surface area contributed by atoms with Crippen molar-refractivity contribution in [3.05, 3.63) is 29.8 Å². The number of carbonyl (C=O) groups is 1. The maximum absolute atomic E-state index is 12.3. The van der Waals surface area contributed by atoms with Crippen LogP contribution in [0.15, 0.2) is 24.3 Å². The highest BCUT2D eigenvalue weighted by atomic mass is 16.5. The van der Waals surface area contributed by atoms with Crippen LogP contribution in [0.4, 0.5) is 0 Å². The fourth-order valence-corrected chi connectivity index (χ4v) is 3.05. The van der Waals surface area contributed by atoms with Crippen molar-refractivity contribution in [2.24, 2.45) is 0 Å². The third kappa shape index (κ3) is 2.91. The van der Waals surface area contributed by atoms with Crippen LogP contribution in [0.5, 0.6) is 5.75 Å². The molecule has 0 unspecified atom stereocenters. The number of ether oxygens (including phenoxy) is 1. The maximum Gasteiger partial charge on any atom is 0.261 e. The minimum absolute atomic E-state index is 0.0584. The zero-order chi connectivity index (χ0) is 13.1. The van der Waals surface area contributed by atoms with E-state index in [0.717, 1.165) is 24.2 Å². The highest BCUT2D eigenvalue weighted by Gasteiger charge is 2.30. The summed E-state index contributed by atoms with van der Waals surface area (Å²) in [5, 5.41) is 3.17. The summed E-state index contributed by atoms with van der Waals surface area (Å²) in [6, 6.07) is 8.27. The molecule has 1 aliphatic carbocycles. The first-order valence-corrected chi connectivity index (χ1v) is 7.38. The number of hydrogen-bond donors (Lipinski definition) is 1. The van der Waals surface area contributed by atoms with E-state index < -0.39 is 0 Å². The van der Waals surface area contributed by atoms with Crippen LogP contribution in [0.2, 0.25) is 0 Å². The smallest absolute Gasteiger partial charge is 0.261 e. The van der Waals surface area contributed by atoms with Crippen molar-refractivity contribution in [3.8, 4) is 5.75 Å². The highest BCUT2D eigenvalue weighted by molar-refractivity contribution is 5.82. The number of carbonyl (C=O) groups excluding carboxylic acids is 1. The number of nitrogens with one attached hydrogen (secondary N) is 1. The van der Waals surface area contributed by atoms with Crippen molar-refractivity contribution < 1.29 is 9.53 Å². The molecule has 1 aromatic rings. The van der Waals surface area contributed by atoms with Gasteiger partial charge in [0.15, 0.2) is 6.10 Å². The number of fused-ring (bicyclic) bond motifs is 1. The van der Waals surface area contributed by atoms with Crippen LogP contribution in [0.1, 0.15) is 44.1 Å². The van der Waals surface area contributed by atoms with Crippen LogP contribution >= 0.6 is 0 Å². The van der Waals surface area contributed by atoms with E-state index in [-0.39, 0.29) is 12.0 Å². The minimum atomic E-state index is -0.333. The van der Waals surface area contributed by atoms with Gasteiger partial charge in [-0.15, -0.1) is 0 Å². The molecular formula is C16H21NO2. The molecule has 1 amide bonds. The zero-order valence-corrected chi connectivity index (χ0v) is 11.2. The monoisotopic (exact) mass is 259 g/mol. The van der Waals surface area contributed by atoms with Crippen molar-refractivity contribution in [3.63, 3.8) is 0 Å². The van der Waals surface area contributed by atoms with E-state index in [4.69, 9.17) is 4.74 Å². The summed E-state index contributed by atoms with van der Waals surface area (Å²) in [5.41, 5.74) is 1.14. The molecule has 0 aromatic heterocycles. The highest BCUT2D eigenvalue weighted by Crippen LogP contribution is 2.28. The third-order valence-corrected chi connectivity index (χ3v) is 4.14. The molecule has 19 heavy (non-hydrogen) atoms. The molecule has 102 valence electrons. The first kappa shape index (κ1) is 12.5. The summed E-state index contributed by atoms with van der Waals surface area (Å²) >= 11 is 0. The van der Waals surface area contributed by atoms with Crippen molar-refractivity contribution in [2.75, 3.05) is 0 Å². The van der Waals surface area contributed by atoms with Gasteiger partial charge in [-0.3, -0.25) is 4.79 Å². The molecule has 1 aliphatic heterocycles. The van der Waals surface area contributed by atoms with Crippen LogP contribution in [0.3, 0.4) is 0 Å². The molecule has 1 aromatic carbocycles. The molecule has 3 heteroatoms. The largest absolute Gasteiger partial charge is 0.480 e. The van der Waals surface area contributed by atoms with Gasteiger partial charge >= 0.3 is 0 Å². The Morgan fingerprint density at radius 2 is 1.84 bits per heavy atom. The Labute approximate surface area is 114 Å². The molecule has 3 nitrogen and oxygen atoms in total. The Balaban J connectivity index is 1.57. The predicted molar refractivity (Wildman–Crippen MR) is 74.2 cm³/mol. The second-order valence-corrected chi connectivity index (χ2v) is 5.62. The number of rotatable bonds is 2. The number of hydrogen-bond acceptors (Lipinski definition) is 2. The van der Waals surface area contributed by atoms with E-state index in [1.807, 2.05) is 24.3 Å². The lowest BCUT2D eigenvalue weighted by atomic mass is 10.1. The summed E-state index contributed by atoms with van der Waals surface area (Å²) < 4.78 is 5.73. The topological polar surface area (TPSA) is 38.3 Å². The lowest BCUT2D eigenvalue weighted by Gasteiger charge is -2.18. The summed E-state index contributed by atoms with van der Waals surface area (Å²) in [6.45, 7) is 0. The van der Waals surface area contributed by atoms with Crippen LogP contribution < -0.4 is 10.1 Å². The molecule has 1 saturated carbocycles. The lowest BCUT2D eigenvalue weighted by molar-refractivity contribution is -0.128. The van der Waals surface area contributed by atoms with E-state index in [0.29, 0.717) is 12.5 Å². The van der Waals surface area contributed by atoms with Crippen LogP contribution in [-0.4, -0.2) is 18.1 Å². The van der Waals surface area contributed by atoms with Gasteiger partial charge in [0.1, 0.15) is 5.75 Å². The number of benzene rings is 1. The Kier molecular flexibility index (Phi) is 3.72. The average molecular weight is 259 g/mol. The van der Waals surface area contributed by atoms with Gasteiger partial charge in [-0.25, -0.2) is 0 Å². The van der Waals surface area contributed by atoms with Crippen LogP contribution in [0, 0.1) is 0 Å². The predicted octanol–water partition coefficient (Wildman–Crippen LogP) is 2.83.